The maximum atomic E-state index is 4.69. The van der Waals surface area contributed by atoms with Crippen molar-refractivity contribution in [3.05, 3.63) is 64.5 Å². The van der Waals surface area contributed by atoms with Crippen molar-refractivity contribution in [2.24, 2.45) is 4.99 Å². The Morgan fingerprint density at radius 1 is 1.15 bits per heavy atom. The number of hydrogen-bond donors (Lipinski definition) is 2. The van der Waals surface area contributed by atoms with E-state index in [-0.39, 0.29) is 24.0 Å². The third kappa shape index (κ3) is 6.31. The Morgan fingerprint density at radius 2 is 2.00 bits per heavy atom. The fourth-order valence-electron chi connectivity index (χ4n) is 2.49. The van der Waals surface area contributed by atoms with Crippen molar-refractivity contribution in [2.45, 2.75) is 33.4 Å². The predicted octanol–water partition coefficient (Wildman–Crippen LogP) is 3.76. The normalized spacial score (nSPS) is 11.1. The minimum Gasteiger partial charge on any atom is -0.357 e. The zero-order chi connectivity index (χ0) is 18.2. The second kappa shape index (κ2) is 11.0. The topological polar surface area (TPSA) is 67.1 Å². The number of nitrogens with one attached hydrogen (secondary N) is 2. The van der Waals surface area contributed by atoms with Gasteiger partial charge in [0.05, 0.1) is 13.1 Å². The average molecular weight is 496 g/mol. The molecule has 0 unspecified atom stereocenters. The Bertz CT molecular complexity index is 844. The number of hydrogen-bond acceptors (Lipinski definition) is 4. The van der Waals surface area contributed by atoms with E-state index in [1.165, 1.54) is 9.75 Å². The molecule has 27 heavy (non-hydrogen) atoms. The molecular weight excluding hydrogens is 471 g/mol. The predicted molar refractivity (Wildman–Crippen MR) is 122 cm³/mol. The quantitative estimate of drug-likeness (QED) is 0.297. The Hall–Kier alpha value is -1.94. The van der Waals surface area contributed by atoms with E-state index in [2.05, 4.69) is 46.6 Å². The van der Waals surface area contributed by atoms with Gasteiger partial charge in [-0.25, -0.2) is 15.0 Å². The van der Waals surface area contributed by atoms with Crippen molar-refractivity contribution in [3.63, 3.8) is 0 Å². The molecule has 0 spiro atoms. The molecule has 2 N–H and O–H groups in total. The van der Waals surface area contributed by atoms with Gasteiger partial charge in [0, 0.05) is 34.9 Å². The molecule has 3 aromatic heterocycles. The number of thiophene rings is 1. The maximum absolute atomic E-state index is 4.69. The van der Waals surface area contributed by atoms with Gasteiger partial charge in [-0.05, 0) is 43.2 Å². The van der Waals surface area contributed by atoms with Gasteiger partial charge in [-0.1, -0.05) is 6.92 Å². The van der Waals surface area contributed by atoms with Crippen molar-refractivity contribution in [3.8, 4) is 5.82 Å². The van der Waals surface area contributed by atoms with E-state index in [0.29, 0.717) is 6.54 Å². The minimum absolute atomic E-state index is 0. The van der Waals surface area contributed by atoms with Crippen LogP contribution in [0.3, 0.4) is 0 Å². The summed E-state index contributed by atoms with van der Waals surface area (Å²) >= 11 is 1.85. The van der Waals surface area contributed by atoms with Crippen molar-refractivity contribution in [2.75, 3.05) is 6.54 Å². The van der Waals surface area contributed by atoms with Gasteiger partial charge >= 0.3 is 0 Å². The van der Waals surface area contributed by atoms with E-state index in [1.807, 2.05) is 34.2 Å². The molecule has 3 aromatic rings. The second-order valence-corrected chi connectivity index (χ2v) is 7.02. The van der Waals surface area contributed by atoms with Gasteiger partial charge in [-0.2, -0.15) is 0 Å². The largest absolute Gasteiger partial charge is 0.357 e. The van der Waals surface area contributed by atoms with E-state index < -0.39 is 0 Å². The molecule has 0 aliphatic heterocycles. The highest BCUT2D eigenvalue weighted by Gasteiger charge is 2.03. The zero-order valence-electron chi connectivity index (χ0n) is 15.6. The summed E-state index contributed by atoms with van der Waals surface area (Å²) in [5.41, 5.74) is 1.10. The Balaban J connectivity index is 0.00000261. The number of aliphatic imine (C=N–C) groups is 1. The fourth-order valence-corrected chi connectivity index (χ4v) is 3.38. The van der Waals surface area contributed by atoms with Crippen LogP contribution < -0.4 is 10.6 Å². The van der Waals surface area contributed by atoms with Crippen LogP contribution in [0.1, 0.15) is 29.2 Å². The van der Waals surface area contributed by atoms with E-state index in [1.54, 1.807) is 18.7 Å². The van der Waals surface area contributed by atoms with E-state index in [4.69, 9.17) is 4.99 Å². The van der Waals surface area contributed by atoms with Crippen LogP contribution in [0.2, 0.25) is 0 Å². The summed E-state index contributed by atoms with van der Waals surface area (Å²) in [5.74, 6) is 1.67. The number of aromatic nitrogens is 3. The number of aryl methyl sites for hydroxylation is 1. The van der Waals surface area contributed by atoms with Gasteiger partial charge < -0.3 is 10.6 Å². The lowest BCUT2D eigenvalue weighted by atomic mass is 10.2. The van der Waals surface area contributed by atoms with E-state index in [9.17, 15) is 0 Å². The van der Waals surface area contributed by atoms with Crippen LogP contribution in [0.4, 0.5) is 0 Å². The van der Waals surface area contributed by atoms with Gasteiger partial charge in [0.2, 0.25) is 0 Å². The van der Waals surface area contributed by atoms with Crippen LogP contribution >= 0.6 is 35.3 Å². The third-order valence-electron chi connectivity index (χ3n) is 3.84. The van der Waals surface area contributed by atoms with E-state index in [0.717, 1.165) is 36.9 Å². The monoisotopic (exact) mass is 496 g/mol. The molecular formula is C19H25IN6S. The first-order valence-electron chi connectivity index (χ1n) is 8.81. The highest BCUT2D eigenvalue weighted by molar-refractivity contribution is 14.0. The number of pyridine rings is 1. The minimum atomic E-state index is 0. The summed E-state index contributed by atoms with van der Waals surface area (Å²) in [5, 5.41) is 6.70. The van der Waals surface area contributed by atoms with Gasteiger partial charge in [0.15, 0.2) is 5.96 Å². The molecule has 0 amide bonds. The molecule has 0 radical (unpaired) electrons. The third-order valence-corrected chi connectivity index (χ3v) is 5.07. The lowest BCUT2D eigenvalue weighted by molar-refractivity contribution is 0.822. The molecule has 0 saturated heterocycles. The van der Waals surface area contributed by atoms with Crippen molar-refractivity contribution < 1.29 is 0 Å². The highest BCUT2D eigenvalue weighted by Crippen LogP contribution is 2.16. The molecule has 0 saturated carbocycles. The Labute approximate surface area is 181 Å². The summed E-state index contributed by atoms with van der Waals surface area (Å²) in [6.45, 7) is 6.45. The number of imidazole rings is 1. The molecule has 3 rings (SSSR count). The van der Waals surface area contributed by atoms with Crippen LogP contribution in [0.5, 0.6) is 0 Å². The summed E-state index contributed by atoms with van der Waals surface area (Å²) in [6, 6.07) is 8.39. The Morgan fingerprint density at radius 3 is 2.70 bits per heavy atom. The number of halogens is 1. The second-order valence-electron chi connectivity index (χ2n) is 5.76. The zero-order valence-corrected chi connectivity index (χ0v) is 18.7. The van der Waals surface area contributed by atoms with Crippen LogP contribution in [0, 0.1) is 0 Å². The Kier molecular flexibility index (Phi) is 8.73. The van der Waals surface area contributed by atoms with Crippen molar-refractivity contribution >= 4 is 41.3 Å². The molecule has 0 aromatic carbocycles. The van der Waals surface area contributed by atoms with Crippen LogP contribution in [-0.2, 0) is 19.5 Å². The van der Waals surface area contributed by atoms with E-state index >= 15 is 0 Å². The highest BCUT2D eigenvalue weighted by atomic mass is 127. The molecule has 0 aliphatic carbocycles. The molecule has 6 nitrogen and oxygen atoms in total. The molecule has 8 heteroatoms. The maximum Gasteiger partial charge on any atom is 0.191 e. The van der Waals surface area contributed by atoms with Gasteiger partial charge in [-0.15, -0.1) is 35.3 Å². The molecule has 0 bridgehead atoms. The lowest BCUT2D eigenvalue weighted by Gasteiger charge is -2.10. The number of nitrogens with zero attached hydrogens (tertiary/aromatic N) is 4. The van der Waals surface area contributed by atoms with Crippen molar-refractivity contribution in [1.82, 2.24) is 25.2 Å². The first-order chi connectivity index (χ1) is 12.8. The summed E-state index contributed by atoms with van der Waals surface area (Å²) in [7, 11) is 0. The van der Waals surface area contributed by atoms with Gasteiger partial charge in [-0.3, -0.25) is 4.57 Å². The molecule has 0 atom stereocenters. The number of guanidine groups is 1. The first kappa shape index (κ1) is 21.4. The first-order valence-corrected chi connectivity index (χ1v) is 9.63. The van der Waals surface area contributed by atoms with Crippen LogP contribution in [0.25, 0.3) is 5.82 Å². The van der Waals surface area contributed by atoms with Gasteiger partial charge in [0.25, 0.3) is 0 Å². The molecule has 144 valence electrons. The van der Waals surface area contributed by atoms with Crippen molar-refractivity contribution in [1.29, 1.82) is 0 Å². The smallest absolute Gasteiger partial charge is 0.191 e. The summed E-state index contributed by atoms with van der Waals surface area (Å²) in [4.78, 5) is 15.9. The lowest BCUT2D eigenvalue weighted by Crippen LogP contribution is -2.36. The number of rotatable bonds is 7. The van der Waals surface area contributed by atoms with Crippen LogP contribution in [0.15, 0.2) is 54.2 Å². The average Bonchev–Trinajstić information content (AvgIpc) is 3.36. The summed E-state index contributed by atoms with van der Waals surface area (Å²) < 4.78 is 1.89. The fraction of sp³-hybridized carbons (Fsp3) is 0.316. The molecule has 0 fully saturated rings. The van der Waals surface area contributed by atoms with Gasteiger partial charge in [0.1, 0.15) is 12.1 Å². The molecule has 0 aliphatic rings. The summed E-state index contributed by atoms with van der Waals surface area (Å²) in [6.07, 6.45) is 8.26. The van der Waals surface area contributed by atoms with Crippen LogP contribution in [-0.4, -0.2) is 27.0 Å². The molecule has 3 heterocycles. The SMILES string of the molecule is CCNC(=NCc1ccnc(-n2ccnc2)c1)NCc1ccc(CC)s1.I. The standard InChI is InChI=1S/C19H24N6S.HI/c1-3-16-5-6-17(26-16)13-24-19(21-4-2)23-12-15-7-8-22-18(11-15)25-10-9-20-14-25;/h5-11,14H,3-4,12-13H2,1-2H3,(H2,21,23,24);1H.